The lowest BCUT2D eigenvalue weighted by Crippen LogP contribution is -2.11. The van der Waals surface area contributed by atoms with Crippen molar-refractivity contribution in [2.45, 2.75) is 6.61 Å². The SMILES string of the molecule is Brc1cccc(-c2cnn(OCc3ccccc3)c2)c1. The highest BCUT2D eigenvalue weighted by atomic mass is 79.9. The molecule has 0 unspecified atom stereocenters. The molecule has 0 saturated carbocycles. The van der Waals surface area contributed by atoms with E-state index in [0.717, 1.165) is 21.2 Å². The van der Waals surface area contributed by atoms with Crippen LogP contribution in [-0.4, -0.2) is 9.94 Å². The minimum Gasteiger partial charge on any atom is -0.392 e. The molecule has 1 heterocycles. The molecule has 3 rings (SSSR count). The van der Waals surface area contributed by atoms with E-state index in [-0.39, 0.29) is 0 Å². The van der Waals surface area contributed by atoms with Gasteiger partial charge in [0.25, 0.3) is 0 Å². The van der Waals surface area contributed by atoms with Crippen LogP contribution < -0.4 is 4.84 Å². The quantitative estimate of drug-likeness (QED) is 0.725. The van der Waals surface area contributed by atoms with E-state index < -0.39 is 0 Å². The maximum absolute atomic E-state index is 5.62. The maximum Gasteiger partial charge on any atom is 0.142 e. The summed E-state index contributed by atoms with van der Waals surface area (Å²) in [7, 11) is 0. The lowest BCUT2D eigenvalue weighted by atomic mass is 10.1. The Bertz CT molecular complexity index is 694. The highest BCUT2D eigenvalue weighted by Crippen LogP contribution is 2.22. The molecular weight excluding hydrogens is 316 g/mol. The van der Waals surface area contributed by atoms with E-state index in [1.807, 2.05) is 54.7 Å². The minimum atomic E-state index is 0.500. The smallest absolute Gasteiger partial charge is 0.142 e. The number of aromatic nitrogens is 2. The molecule has 3 nitrogen and oxygen atoms in total. The number of rotatable bonds is 4. The Morgan fingerprint density at radius 2 is 1.85 bits per heavy atom. The van der Waals surface area contributed by atoms with Crippen LogP contribution in [0.1, 0.15) is 5.56 Å². The van der Waals surface area contributed by atoms with Crippen molar-refractivity contribution < 1.29 is 4.84 Å². The van der Waals surface area contributed by atoms with E-state index in [9.17, 15) is 0 Å². The minimum absolute atomic E-state index is 0.500. The van der Waals surface area contributed by atoms with Crippen molar-refractivity contribution in [3.05, 3.63) is 77.0 Å². The molecule has 0 radical (unpaired) electrons. The fraction of sp³-hybridized carbons (Fsp3) is 0.0625. The predicted octanol–water partition coefficient (Wildman–Crippen LogP) is 3.94. The fourth-order valence-electron chi connectivity index (χ4n) is 1.91. The van der Waals surface area contributed by atoms with Gasteiger partial charge in [-0.05, 0) is 23.3 Å². The van der Waals surface area contributed by atoms with Gasteiger partial charge in [-0.2, -0.15) is 0 Å². The van der Waals surface area contributed by atoms with E-state index in [4.69, 9.17) is 4.84 Å². The van der Waals surface area contributed by atoms with Crippen molar-refractivity contribution in [3.63, 3.8) is 0 Å². The third-order valence-electron chi connectivity index (χ3n) is 2.92. The van der Waals surface area contributed by atoms with Gasteiger partial charge in [-0.1, -0.05) is 58.4 Å². The van der Waals surface area contributed by atoms with Gasteiger partial charge in [0, 0.05) is 10.0 Å². The summed E-state index contributed by atoms with van der Waals surface area (Å²) in [5.41, 5.74) is 3.25. The largest absolute Gasteiger partial charge is 0.392 e. The number of halogens is 1. The summed E-state index contributed by atoms with van der Waals surface area (Å²) in [6.45, 7) is 0.500. The van der Waals surface area contributed by atoms with Gasteiger partial charge in [0.2, 0.25) is 0 Å². The van der Waals surface area contributed by atoms with Crippen LogP contribution in [0, 0.1) is 0 Å². The van der Waals surface area contributed by atoms with E-state index in [1.165, 1.54) is 4.85 Å². The van der Waals surface area contributed by atoms with Gasteiger partial charge >= 0.3 is 0 Å². The summed E-state index contributed by atoms with van der Waals surface area (Å²) in [5.74, 6) is 0. The molecule has 0 aliphatic heterocycles. The maximum atomic E-state index is 5.62. The lowest BCUT2D eigenvalue weighted by molar-refractivity contribution is 0.0701. The second-order valence-electron chi connectivity index (χ2n) is 4.40. The van der Waals surface area contributed by atoms with Gasteiger partial charge in [0.05, 0.1) is 12.4 Å². The number of hydrogen-bond acceptors (Lipinski definition) is 2. The second kappa shape index (κ2) is 5.92. The first-order valence-electron chi connectivity index (χ1n) is 6.29. The Hall–Kier alpha value is -2.07. The van der Waals surface area contributed by atoms with E-state index in [2.05, 4.69) is 27.1 Å². The molecule has 0 fully saturated rings. The molecule has 0 saturated heterocycles. The van der Waals surface area contributed by atoms with E-state index in [0.29, 0.717) is 6.61 Å². The normalized spacial score (nSPS) is 10.4. The van der Waals surface area contributed by atoms with Gasteiger partial charge in [-0.15, -0.1) is 9.94 Å². The molecule has 0 atom stereocenters. The van der Waals surface area contributed by atoms with Gasteiger partial charge < -0.3 is 4.84 Å². The van der Waals surface area contributed by atoms with Crippen LogP contribution in [0.2, 0.25) is 0 Å². The van der Waals surface area contributed by atoms with Gasteiger partial charge in [0.15, 0.2) is 0 Å². The summed E-state index contributed by atoms with van der Waals surface area (Å²) in [6.07, 6.45) is 3.68. The van der Waals surface area contributed by atoms with Crippen molar-refractivity contribution in [2.24, 2.45) is 0 Å². The summed E-state index contributed by atoms with van der Waals surface area (Å²) in [4.78, 5) is 7.12. The van der Waals surface area contributed by atoms with Crippen molar-refractivity contribution in [1.82, 2.24) is 9.94 Å². The third-order valence-corrected chi connectivity index (χ3v) is 3.42. The Morgan fingerprint density at radius 3 is 2.65 bits per heavy atom. The lowest BCUT2D eigenvalue weighted by Gasteiger charge is -2.04. The molecule has 4 heteroatoms. The molecule has 0 bridgehead atoms. The molecule has 2 aromatic carbocycles. The van der Waals surface area contributed by atoms with Crippen LogP contribution in [0.25, 0.3) is 11.1 Å². The van der Waals surface area contributed by atoms with E-state index >= 15 is 0 Å². The molecule has 3 aromatic rings. The monoisotopic (exact) mass is 328 g/mol. The van der Waals surface area contributed by atoms with Crippen LogP contribution in [0.3, 0.4) is 0 Å². The van der Waals surface area contributed by atoms with Gasteiger partial charge in [-0.3, -0.25) is 0 Å². The average Bonchev–Trinajstić information content (AvgIpc) is 2.95. The summed E-state index contributed by atoms with van der Waals surface area (Å²) in [6, 6.07) is 18.1. The Kier molecular flexibility index (Phi) is 3.83. The Balaban J connectivity index is 1.71. The summed E-state index contributed by atoms with van der Waals surface area (Å²) < 4.78 is 1.05. The highest BCUT2D eigenvalue weighted by Gasteiger charge is 2.03. The van der Waals surface area contributed by atoms with Gasteiger partial charge in [-0.25, -0.2) is 0 Å². The summed E-state index contributed by atoms with van der Waals surface area (Å²) >= 11 is 3.47. The van der Waals surface area contributed by atoms with Crippen molar-refractivity contribution in [3.8, 4) is 11.1 Å². The molecule has 0 spiro atoms. The molecule has 100 valence electrons. The first-order valence-corrected chi connectivity index (χ1v) is 7.08. The van der Waals surface area contributed by atoms with Crippen molar-refractivity contribution in [1.29, 1.82) is 0 Å². The van der Waals surface area contributed by atoms with Crippen LogP contribution in [0.4, 0.5) is 0 Å². The summed E-state index contributed by atoms with van der Waals surface area (Å²) in [5, 5.41) is 4.22. The third kappa shape index (κ3) is 3.08. The zero-order valence-corrected chi connectivity index (χ0v) is 12.3. The van der Waals surface area contributed by atoms with Crippen molar-refractivity contribution in [2.75, 3.05) is 0 Å². The topological polar surface area (TPSA) is 27.1 Å². The Morgan fingerprint density at radius 1 is 1.00 bits per heavy atom. The molecule has 0 aliphatic rings. The van der Waals surface area contributed by atoms with Crippen LogP contribution in [-0.2, 0) is 6.61 Å². The average molecular weight is 329 g/mol. The molecule has 0 N–H and O–H groups in total. The predicted molar refractivity (Wildman–Crippen MR) is 82.1 cm³/mol. The van der Waals surface area contributed by atoms with E-state index in [1.54, 1.807) is 6.20 Å². The van der Waals surface area contributed by atoms with Crippen LogP contribution in [0.15, 0.2) is 71.5 Å². The number of hydrogen-bond donors (Lipinski definition) is 0. The zero-order valence-electron chi connectivity index (χ0n) is 10.7. The molecule has 0 amide bonds. The van der Waals surface area contributed by atoms with Crippen LogP contribution in [0.5, 0.6) is 0 Å². The van der Waals surface area contributed by atoms with Crippen LogP contribution >= 0.6 is 15.9 Å². The van der Waals surface area contributed by atoms with Gasteiger partial charge in [0.1, 0.15) is 6.61 Å². The Labute approximate surface area is 125 Å². The molecule has 0 aliphatic carbocycles. The second-order valence-corrected chi connectivity index (χ2v) is 5.32. The standard InChI is InChI=1S/C16H13BrN2O/c17-16-8-4-7-14(9-16)15-10-18-19(11-15)20-12-13-5-2-1-3-6-13/h1-11H,12H2. The molecule has 20 heavy (non-hydrogen) atoms. The number of nitrogens with zero attached hydrogens (tertiary/aromatic N) is 2. The zero-order chi connectivity index (χ0) is 13.8. The highest BCUT2D eigenvalue weighted by molar-refractivity contribution is 9.10. The first kappa shape index (κ1) is 12.9. The fourth-order valence-corrected chi connectivity index (χ4v) is 2.31. The first-order chi connectivity index (χ1) is 9.81. The molecule has 1 aromatic heterocycles. The molecular formula is C16H13BrN2O. The number of benzene rings is 2. The van der Waals surface area contributed by atoms with Crippen molar-refractivity contribution >= 4 is 15.9 Å².